The molecule has 0 aliphatic heterocycles. The van der Waals surface area contributed by atoms with Crippen molar-refractivity contribution in [3.8, 4) is 0 Å². The van der Waals surface area contributed by atoms with Gasteiger partial charge in [0, 0.05) is 62.4 Å². The molecule has 1 unspecified atom stereocenters. The van der Waals surface area contributed by atoms with Gasteiger partial charge in [-0.05, 0) is 55.5 Å². The quantitative estimate of drug-likeness (QED) is 0.273. The third-order valence-corrected chi connectivity index (χ3v) is 7.25. The molecule has 2 aromatic carbocycles. The molecule has 0 saturated heterocycles. The summed E-state index contributed by atoms with van der Waals surface area (Å²) in [5.41, 5.74) is 4.52. The summed E-state index contributed by atoms with van der Waals surface area (Å²) in [6.07, 6.45) is 7.11. The average molecular weight is 505 g/mol. The first kappa shape index (κ1) is 28.3. The van der Waals surface area contributed by atoms with Gasteiger partial charge in [0.1, 0.15) is 0 Å². The Labute approximate surface area is 222 Å². The molecule has 37 heavy (non-hydrogen) atoms. The first-order valence-electron chi connectivity index (χ1n) is 13.7. The Kier molecular flexibility index (Phi) is 10.6. The molecular formula is C31H44N4O2. The standard InChI is InChI=1S/C31H44N4O2/c1-6-8-9-14-30(36)35(24(3)7-2)23-31(37)34(22-25-15-17-27(18-16-25)33(4)5)20-19-26-21-32-29-13-11-10-12-28(26)29/h10-13,15-18,21,24,32H,6-9,14,19-20,22-23H2,1-5H3. The number of aromatic nitrogens is 1. The lowest BCUT2D eigenvalue weighted by atomic mass is 10.1. The van der Waals surface area contributed by atoms with Crippen LogP contribution < -0.4 is 4.90 Å². The number of hydrogen-bond donors (Lipinski definition) is 1. The second kappa shape index (κ2) is 13.9. The van der Waals surface area contributed by atoms with Gasteiger partial charge in [0.2, 0.25) is 11.8 Å². The number of benzene rings is 2. The minimum absolute atomic E-state index is 0.000619. The molecule has 0 saturated carbocycles. The van der Waals surface area contributed by atoms with Crippen molar-refractivity contribution >= 4 is 28.4 Å². The van der Waals surface area contributed by atoms with Gasteiger partial charge in [0.05, 0.1) is 6.54 Å². The van der Waals surface area contributed by atoms with Gasteiger partial charge in [-0.2, -0.15) is 0 Å². The first-order valence-corrected chi connectivity index (χ1v) is 13.7. The Morgan fingerprint density at radius 1 is 0.946 bits per heavy atom. The van der Waals surface area contributed by atoms with E-state index < -0.39 is 0 Å². The van der Waals surface area contributed by atoms with Crippen LogP contribution in [0.5, 0.6) is 0 Å². The lowest BCUT2D eigenvalue weighted by Gasteiger charge is -2.31. The van der Waals surface area contributed by atoms with E-state index in [9.17, 15) is 9.59 Å². The van der Waals surface area contributed by atoms with Crippen molar-refractivity contribution in [1.29, 1.82) is 0 Å². The summed E-state index contributed by atoms with van der Waals surface area (Å²) < 4.78 is 0. The molecule has 1 aromatic heterocycles. The summed E-state index contributed by atoms with van der Waals surface area (Å²) in [6, 6.07) is 16.6. The highest BCUT2D eigenvalue weighted by molar-refractivity contribution is 5.85. The Bertz CT molecular complexity index is 1140. The van der Waals surface area contributed by atoms with Crippen LogP contribution in [0.3, 0.4) is 0 Å². The molecule has 1 heterocycles. The van der Waals surface area contributed by atoms with E-state index in [-0.39, 0.29) is 24.4 Å². The number of carbonyl (C=O) groups is 2. The average Bonchev–Trinajstić information content (AvgIpc) is 3.32. The van der Waals surface area contributed by atoms with Crippen molar-refractivity contribution in [2.45, 2.75) is 71.9 Å². The van der Waals surface area contributed by atoms with Gasteiger partial charge in [0.15, 0.2) is 0 Å². The Hall–Kier alpha value is -3.28. The van der Waals surface area contributed by atoms with Crippen LogP contribution >= 0.6 is 0 Å². The van der Waals surface area contributed by atoms with Crippen molar-refractivity contribution in [1.82, 2.24) is 14.8 Å². The summed E-state index contributed by atoms with van der Waals surface area (Å²) in [5.74, 6) is 0.0868. The smallest absolute Gasteiger partial charge is 0.242 e. The van der Waals surface area contributed by atoms with Crippen LogP contribution in [0.4, 0.5) is 5.69 Å². The molecular weight excluding hydrogens is 460 g/mol. The number of amides is 2. The van der Waals surface area contributed by atoms with Crippen molar-refractivity contribution < 1.29 is 9.59 Å². The number of rotatable bonds is 14. The number of carbonyl (C=O) groups excluding carboxylic acids is 2. The first-order chi connectivity index (χ1) is 17.8. The zero-order valence-corrected chi connectivity index (χ0v) is 23.3. The molecule has 3 rings (SSSR count). The van der Waals surface area contributed by atoms with E-state index in [1.807, 2.05) is 44.2 Å². The molecule has 1 atom stereocenters. The molecule has 2 amide bonds. The summed E-state index contributed by atoms with van der Waals surface area (Å²) in [7, 11) is 4.04. The SMILES string of the molecule is CCCCCC(=O)N(CC(=O)N(CCc1c[nH]c2ccccc12)Cc1ccc(N(C)C)cc1)C(C)CC. The lowest BCUT2D eigenvalue weighted by molar-refractivity contribution is -0.142. The van der Waals surface area contributed by atoms with Gasteiger partial charge in [-0.1, -0.05) is 57.0 Å². The number of aromatic amines is 1. The van der Waals surface area contributed by atoms with E-state index >= 15 is 0 Å². The molecule has 0 bridgehead atoms. The van der Waals surface area contributed by atoms with Crippen LogP contribution in [-0.4, -0.2) is 59.8 Å². The minimum atomic E-state index is 0.000619. The summed E-state index contributed by atoms with van der Waals surface area (Å²) in [4.78, 5) is 35.9. The van der Waals surface area contributed by atoms with Crippen molar-refractivity contribution in [2.24, 2.45) is 0 Å². The Morgan fingerprint density at radius 3 is 2.35 bits per heavy atom. The second-order valence-electron chi connectivity index (χ2n) is 10.2. The van der Waals surface area contributed by atoms with E-state index in [0.29, 0.717) is 19.5 Å². The summed E-state index contributed by atoms with van der Waals surface area (Å²) >= 11 is 0. The molecule has 1 N–H and O–H groups in total. The van der Waals surface area contributed by atoms with Crippen LogP contribution in [0.2, 0.25) is 0 Å². The van der Waals surface area contributed by atoms with Crippen LogP contribution in [0.25, 0.3) is 10.9 Å². The minimum Gasteiger partial charge on any atom is -0.378 e. The summed E-state index contributed by atoms with van der Waals surface area (Å²) in [6.45, 7) is 7.49. The zero-order valence-electron chi connectivity index (χ0n) is 23.3. The van der Waals surface area contributed by atoms with Crippen molar-refractivity contribution in [3.05, 3.63) is 65.9 Å². The number of anilines is 1. The Balaban J connectivity index is 1.78. The number of fused-ring (bicyclic) bond motifs is 1. The number of unbranched alkanes of at least 4 members (excludes halogenated alkanes) is 2. The normalized spacial score (nSPS) is 11.9. The van der Waals surface area contributed by atoms with E-state index in [0.717, 1.165) is 48.9 Å². The van der Waals surface area contributed by atoms with Crippen molar-refractivity contribution in [3.63, 3.8) is 0 Å². The van der Waals surface area contributed by atoms with Gasteiger partial charge < -0.3 is 19.7 Å². The molecule has 6 nitrogen and oxygen atoms in total. The largest absolute Gasteiger partial charge is 0.378 e. The fourth-order valence-electron chi connectivity index (χ4n) is 4.63. The third-order valence-electron chi connectivity index (χ3n) is 7.25. The van der Waals surface area contributed by atoms with Gasteiger partial charge >= 0.3 is 0 Å². The molecule has 0 fully saturated rings. The van der Waals surface area contributed by atoms with Gasteiger partial charge in [0.25, 0.3) is 0 Å². The van der Waals surface area contributed by atoms with E-state index in [1.54, 1.807) is 4.90 Å². The predicted molar refractivity (Wildman–Crippen MR) is 154 cm³/mol. The second-order valence-corrected chi connectivity index (χ2v) is 10.2. The number of nitrogens with one attached hydrogen (secondary N) is 1. The maximum absolute atomic E-state index is 13.7. The highest BCUT2D eigenvalue weighted by Crippen LogP contribution is 2.20. The fourth-order valence-corrected chi connectivity index (χ4v) is 4.63. The maximum atomic E-state index is 13.7. The van der Waals surface area contributed by atoms with Crippen molar-refractivity contribution in [2.75, 3.05) is 32.1 Å². The number of hydrogen-bond acceptors (Lipinski definition) is 3. The molecule has 0 aliphatic carbocycles. The highest BCUT2D eigenvalue weighted by Gasteiger charge is 2.24. The topological polar surface area (TPSA) is 59.7 Å². The fraction of sp³-hybridized carbons (Fsp3) is 0.484. The van der Waals surface area contributed by atoms with E-state index in [2.05, 4.69) is 60.1 Å². The molecule has 6 heteroatoms. The molecule has 3 aromatic rings. The lowest BCUT2D eigenvalue weighted by Crippen LogP contribution is -2.46. The van der Waals surface area contributed by atoms with E-state index in [4.69, 9.17) is 0 Å². The van der Waals surface area contributed by atoms with E-state index in [1.165, 1.54) is 10.9 Å². The molecule has 200 valence electrons. The molecule has 0 spiro atoms. The highest BCUT2D eigenvalue weighted by atomic mass is 16.2. The Morgan fingerprint density at radius 2 is 1.68 bits per heavy atom. The van der Waals surface area contributed by atoms with Gasteiger partial charge in [-0.3, -0.25) is 9.59 Å². The summed E-state index contributed by atoms with van der Waals surface area (Å²) in [5, 5.41) is 1.19. The number of H-pyrrole nitrogens is 1. The zero-order chi connectivity index (χ0) is 26.8. The third kappa shape index (κ3) is 7.85. The number of para-hydroxylation sites is 1. The predicted octanol–water partition coefficient (Wildman–Crippen LogP) is 6.01. The van der Waals surface area contributed by atoms with Crippen LogP contribution in [0.15, 0.2) is 54.7 Å². The number of nitrogens with zero attached hydrogens (tertiary/aromatic N) is 3. The molecule has 0 radical (unpaired) electrons. The van der Waals surface area contributed by atoms with Gasteiger partial charge in [-0.15, -0.1) is 0 Å². The van der Waals surface area contributed by atoms with Crippen LogP contribution in [0.1, 0.15) is 64.0 Å². The van der Waals surface area contributed by atoms with Crippen LogP contribution in [-0.2, 0) is 22.6 Å². The maximum Gasteiger partial charge on any atom is 0.242 e. The molecule has 0 aliphatic rings. The monoisotopic (exact) mass is 504 g/mol. The van der Waals surface area contributed by atoms with Crippen LogP contribution in [0, 0.1) is 0 Å². The van der Waals surface area contributed by atoms with Gasteiger partial charge in [-0.25, -0.2) is 0 Å².